The Morgan fingerprint density at radius 2 is 1.32 bits per heavy atom. The molecule has 31 heavy (non-hydrogen) atoms. The van der Waals surface area contributed by atoms with Crippen LogP contribution < -0.4 is 0 Å². The first-order valence-corrected chi connectivity index (χ1v) is 10.4. The van der Waals surface area contributed by atoms with E-state index in [9.17, 15) is 0 Å². The van der Waals surface area contributed by atoms with E-state index >= 15 is 0 Å². The predicted molar refractivity (Wildman–Crippen MR) is 129 cm³/mol. The summed E-state index contributed by atoms with van der Waals surface area (Å²) in [6, 6.07) is 36.5. The highest BCUT2D eigenvalue weighted by molar-refractivity contribution is 6.28. The molecule has 2 aromatic heterocycles. The van der Waals surface area contributed by atoms with Gasteiger partial charge in [-0.15, -0.1) is 0 Å². The van der Waals surface area contributed by atoms with E-state index in [1.54, 1.807) is 0 Å². The molecule has 7 aromatic rings. The molecule has 0 amide bonds. The lowest BCUT2D eigenvalue weighted by atomic mass is 10.00. The number of hydrogen-bond acceptors (Lipinski definition) is 1. The highest BCUT2D eigenvalue weighted by Crippen LogP contribution is 2.42. The van der Waals surface area contributed by atoms with Gasteiger partial charge in [-0.2, -0.15) is 5.26 Å². The number of para-hydroxylation sites is 1. The Kier molecular flexibility index (Phi) is 3.10. The predicted octanol–water partition coefficient (Wildman–Crippen LogP) is 7.53. The maximum absolute atomic E-state index is 9.09. The lowest BCUT2D eigenvalue weighted by Gasteiger charge is -2.05. The molecular formula is C29H16N2. The van der Waals surface area contributed by atoms with Crippen LogP contribution in [-0.2, 0) is 0 Å². The minimum absolute atomic E-state index is 0.685. The summed E-state index contributed by atoms with van der Waals surface area (Å²) in [6.07, 6.45) is 0. The summed E-state index contributed by atoms with van der Waals surface area (Å²) in [5, 5.41) is 16.8. The number of nitrogens with zero attached hydrogens (tertiary/aromatic N) is 2. The van der Waals surface area contributed by atoms with E-state index in [1.807, 2.05) is 24.3 Å². The van der Waals surface area contributed by atoms with Crippen molar-refractivity contribution in [1.82, 2.24) is 4.40 Å². The van der Waals surface area contributed by atoms with E-state index in [0.29, 0.717) is 5.56 Å². The van der Waals surface area contributed by atoms with Crippen LogP contribution in [0, 0.1) is 11.3 Å². The molecule has 142 valence electrons. The molecule has 0 aliphatic rings. The highest BCUT2D eigenvalue weighted by atomic mass is 14.9. The normalized spacial score (nSPS) is 11.8. The average molecular weight is 392 g/mol. The Balaban J connectivity index is 1.61. The molecule has 0 saturated carbocycles. The molecule has 0 unspecified atom stereocenters. The van der Waals surface area contributed by atoms with Gasteiger partial charge < -0.3 is 4.40 Å². The van der Waals surface area contributed by atoms with Gasteiger partial charge in [0.2, 0.25) is 0 Å². The van der Waals surface area contributed by atoms with Crippen LogP contribution >= 0.6 is 0 Å². The standard InChI is InChI=1S/C29H16N2/c30-17-18-8-10-19(11-9-18)21-13-14-26-25(16-21)23-6-3-7-24-28-22-5-2-1-4-20(22)12-15-27(28)31(26)29(23)24/h1-16H. The molecule has 5 aromatic carbocycles. The van der Waals surface area contributed by atoms with Crippen molar-refractivity contribution in [2.45, 2.75) is 0 Å². The van der Waals surface area contributed by atoms with Crippen LogP contribution in [0.15, 0.2) is 97.1 Å². The van der Waals surface area contributed by atoms with Crippen LogP contribution in [0.25, 0.3) is 60.0 Å². The Labute approximate surface area is 178 Å². The van der Waals surface area contributed by atoms with Crippen LogP contribution in [-0.4, -0.2) is 4.40 Å². The summed E-state index contributed by atoms with van der Waals surface area (Å²) in [5.41, 5.74) is 6.76. The molecule has 0 fully saturated rings. The van der Waals surface area contributed by atoms with E-state index in [0.717, 1.165) is 5.56 Å². The SMILES string of the molecule is N#Cc1ccc(-c2ccc3c(c2)c2cccc4c5c6ccccc6ccc5n3c24)cc1. The van der Waals surface area contributed by atoms with Crippen molar-refractivity contribution in [1.29, 1.82) is 5.26 Å². The van der Waals surface area contributed by atoms with Gasteiger partial charge in [-0.05, 0) is 52.2 Å². The summed E-state index contributed by atoms with van der Waals surface area (Å²) in [7, 11) is 0. The van der Waals surface area contributed by atoms with Crippen LogP contribution in [0.5, 0.6) is 0 Å². The van der Waals surface area contributed by atoms with Crippen LogP contribution in [0.4, 0.5) is 0 Å². The van der Waals surface area contributed by atoms with Gasteiger partial charge >= 0.3 is 0 Å². The smallest absolute Gasteiger partial charge is 0.0991 e. The molecule has 0 N–H and O–H groups in total. The zero-order chi connectivity index (χ0) is 20.5. The monoisotopic (exact) mass is 392 g/mol. The fourth-order valence-electron chi connectivity index (χ4n) is 5.17. The number of rotatable bonds is 1. The van der Waals surface area contributed by atoms with Crippen LogP contribution in [0.3, 0.4) is 0 Å². The van der Waals surface area contributed by atoms with Crippen molar-refractivity contribution in [3.63, 3.8) is 0 Å². The molecule has 2 nitrogen and oxygen atoms in total. The summed E-state index contributed by atoms with van der Waals surface area (Å²) >= 11 is 0. The van der Waals surface area contributed by atoms with Crippen LogP contribution in [0.1, 0.15) is 5.56 Å². The molecule has 2 heterocycles. The second kappa shape index (κ2) is 5.84. The number of hydrogen-bond donors (Lipinski definition) is 0. The first-order valence-electron chi connectivity index (χ1n) is 10.4. The van der Waals surface area contributed by atoms with E-state index < -0.39 is 0 Å². The molecule has 0 radical (unpaired) electrons. The third-order valence-corrected chi connectivity index (χ3v) is 6.55. The molecule has 0 aliphatic carbocycles. The van der Waals surface area contributed by atoms with Crippen molar-refractivity contribution in [2.75, 3.05) is 0 Å². The lowest BCUT2D eigenvalue weighted by Crippen LogP contribution is -1.83. The zero-order valence-corrected chi connectivity index (χ0v) is 16.6. The first kappa shape index (κ1) is 16.4. The lowest BCUT2D eigenvalue weighted by molar-refractivity contribution is 1.37. The van der Waals surface area contributed by atoms with Gasteiger partial charge in [0, 0.05) is 21.5 Å². The largest absolute Gasteiger partial charge is 0.308 e. The summed E-state index contributed by atoms with van der Waals surface area (Å²) in [6.45, 7) is 0. The third-order valence-electron chi connectivity index (χ3n) is 6.55. The van der Waals surface area contributed by atoms with E-state index in [2.05, 4.69) is 83.3 Å². The fourth-order valence-corrected chi connectivity index (χ4v) is 5.17. The number of fused-ring (bicyclic) bond motifs is 8. The number of nitriles is 1. The highest BCUT2D eigenvalue weighted by Gasteiger charge is 2.18. The number of aromatic nitrogens is 1. The van der Waals surface area contributed by atoms with Gasteiger partial charge in [-0.1, -0.05) is 66.7 Å². The fraction of sp³-hybridized carbons (Fsp3) is 0. The van der Waals surface area contributed by atoms with Crippen LogP contribution in [0.2, 0.25) is 0 Å². The molecule has 2 heteroatoms. The van der Waals surface area contributed by atoms with Crippen molar-refractivity contribution >= 4 is 48.9 Å². The minimum atomic E-state index is 0.685. The molecule has 0 saturated heterocycles. The second-order valence-corrected chi connectivity index (χ2v) is 8.14. The zero-order valence-electron chi connectivity index (χ0n) is 16.6. The number of benzene rings is 5. The first-order chi connectivity index (χ1) is 15.3. The second-order valence-electron chi connectivity index (χ2n) is 8.14. The quantitative estimate of drug-likeness (QED) is 0.284. The minimum Gasteiger partial charge on any atom is -0.308 e. The van der Waals surface area contributed by atoms with Gasteiger partial charge in [-0.3, -0.25) is 0 Å². The van der Waals surface area contributed by atoms with E-state index in [1.165, 1.54) is 54.4 Å². The van der Waals surface area contributed by atoms with Gasteiger partial charge in [-0.25, -0.2) is 0 Å². The molecule has 0 bridgehead atoms. The van der Waals surface area contributed by atoms with Gasteiger partial charge in [0.1, 0.15) is 0 Å². The summed E-state index contributed by atoms with van der Waals surface area (Å²) in [5.74, 6) is 0. The Bertz CT molecular complexity index is 1830. The van der Waals surface area contributed by atoms with E-state index in [4.69, 9.17) is 5.26 Å². The van der Waals surface area contributed by atoms with Gasteiger partial charge in [0.15, 0.2) is 0 Å². The topological polar surface area (TPSA) is 28.2 Å². The average Bonchev–Trinajstić information content (AvgIpc) is 3.36. The van der Waals surface area contributed by atoms with Gasteiger partial charge in [0.25, 0.3) is 0 Å². The Morgan fingerprint density at radius 3 is 2.19 bits per heavy atom. The Hall–Kier alpha value is -4.35. The molecule has 0 atom stereocenters. The maximum Gasteiger partial charge on any atom is 0.0991 e. The van der Waals surface area contributed by atoms with Crippen molar-refractivity contribution < 1.29 is 0 Å². The summed E-state index contributed by atoms with van der Waals surface area (Å²) in [4.78, 5) is 0. The van der Waals surface area contributed by atoms with E-state index in [-0.39, 0.29) is 0 Å². The van der Waals surface area contributed by atoms with Crippen molar-refractivity contribution in [3.05, 3.63) is 103 Å². The maximum atomic E-state index is 9.09. The van der Waals surface area contributed by atoms with Crippen molar-refractivity contribution in [2.24, 2.45) is 0 Å². The molecule has 0 aliphatic heterocycles. The van der Waals surface area contributed by atoms with Gasteiger partial charge in [0.05, 0.1) is 28.2 Å². The summed E-state index contributed by atoms with van der Waals surface area (Å²) < 4.78 is 2.42. The third kappa shape index (κ3) is 2.10. The Morgan fingerprint density at radius 1 is 0.581 bits per heavy atom. The van der Waals surface area contributed by atoms with Crippen molar-refractivity contribution in [3.8, 4) is 17.2 Å². The molecule has 0 spiro atoms. The molecular weight excluding hydrogens is 376 g/mol. The molecule has 7 rings (SSSR count).